The largest absolute Gasteiger partial charge is 0.298 e. The normalized spacial score (nSPS) is 14.9. The number of hydrogen-bond donors (Lipinski definition) is 0. The monoisotopic (exact) mass is 226 g/mol. The highest BCUT2D eigenvalue weighted by molar-refractivity contribution is 5.77. The molecule has 1 aliphatic rings. The van der Waals surface area contributed by atoms with Gasteiger partial charge in [-0.15, -0.1) is 0 Å². The van der Waals surface area contributed by atoms with Crippen LogP contribution in [0.1, 0.15) is 40.4 Å². The van der Waals surface area contributed by atoms with Crippen molar-refractivity contribution in [3.8, 4) is 5.69 Å². The number of benzene rings is 1. The molecule has 0 atom stereocenters. The molecule has 0 radical (unpaired) electrons. The van der Waals surface area contributed by atoms with Crippen LogP contribution in [0, 0.1) is 6.92 Å². The minimum Gasteiger partial charge on any atom is -0.298 e. The third-order valence-electron chi connectivity index (χ3n) is 3.27. The minimum atomic E-state index is 0.511. The standard InChI is InChI=1S/C14H14N2O/c1-10-4-2-3-5-13(10)16-14(11-6-7-11)12(9-17)8-15-16/h2-5,8-9,11H,6-7H2,1H3. The predicted molar refractivity (Wildman–Crippen MR) is 65.7 cm³/mol. The first-order valence-electron chi connectivity index (χ1n) is 5.90. The highest BCUT2D eigenvalue weighted by Crippen LogP contribution is 2.42. The maximum absolute atomic E-state index is 11.0. The van der Waals surface area contributed by atoms with Crippen molar-refractivity contribution in [2.75, 3.05) is 0 Å². The molecule has 17 heavy (non-hydrogen) atoms. The molecule has 1 saturated carbocycles. The zero-order valence-corrected chi connectivity index (χ0v) is 9.76. The van der Waals surface area contributed by atoms with E-state index >= 15 is 0 Å². The lowest BCUT2D eigenvalue weighted by molar-refractivity contribution is 0.112. The fraction of sp³-hybridized carbons (Fsp3) is 0.286. The summed E-state index contributed by atoms with van der Waals surface area (Å²) in [6.07, 6.45) is 4.92. The molecule has 3 heteroatoms. The summed E-state index contributed by atoms with van der Waals surface area (Å²) in [5, 5.41) is 4.36. The van der Waals surface area contributed by atoms with E-state index in [0.717, 1.165) is 23.2 Å². The molecule has 3 nitrogen and oxygen atoms in total. The van der Waals surface area contributed by atoms with Crippen molar-refractivity contribution in [1.82, 2.24) is 9.78 Å². The number of aromatic nitrogens is 2. The van der Waals surface area contributed by atoms with Gasteiger partial charge in [-0.25, -0.2) is 4.68 Å². The number of rotatable bonds is 3. The molecular weight excluding hydrogens is 212 g/mol. The Balaban J connectivity index is 2.18. The molecule has 1 aromatic carbocycles. The summed E-state index contributed by atoms with van der Waals surface area (Å²) < 4.78 is 1.93. The molecule has 0 N–H and O–H groups in total. The molecule has 1 heterocycles. The van der Waals surface area contributed by atoms with E-state index in [1.807, 2.05) is 22.9 Å². The van der Waals surface area contributed by atoms with E-state index in [9.17, 15) is 4.79 Å². The topological polar surface area (TPSA) is 34.9 Å². The Morgan fingerprint density at radius 3 is 2.76 bits per heavy atom. The van der Waals surface area contributed by atoms with Gasteiger partial charge in [-0.05, 0) is 31.4 Å². The van der Waals surface area contributed by atoms with Crippen molar-refractivity contribution >= 4 is 6.29 Å². The molecule has 0 unspecified atom stereocenters. The van der Waals surface area contributed by atoms with Crippen LogP contribution < -0.4 is 0 Å². The van der Waals surface area contributed by atoms with Gasteiger partial charge < -0.3 is 0 Å². The summed E-state index contributed by atoms with van der Waals surface area (Å²) in [5.41, 5.74) is 4.06. The average Bonchev–Trinajstić information content (AvgIpc) is 3.10. The fourth-order valence-electron chi connectivity index (χ4n) is 2.22. The molecule has 0 aliphatic heterocycles. The number of aldehydes is 1. The second kappa shape index (κ2) is 3.84. The van der Waals surface area contributed by atoms with E-state index in [1.165, 1.54) is 18.4 Å². The van der Waals surface area contributed by atoms with Crippen molar-refractivity contribution in [2.24, 2.45) is 0 Å². The van der Waals surface area contributed by atoms with Crippen molar-refractivity contribution < 1.29 is 4.79 Å². The molecule has 0 amide bonds. The smallest absolute Gasteiger partial charge is 0.153 e. The summed E-state index contributed by atoms with van der Waals surface area (Å²) in [5.74, 6) is 0.511. The van der Waals surface area contributed by atoms with Gasteiger partial charge in [-0.1, -0.05) is 18.2 Å². The van der Waals surface area contributed by atoms with Crippen LogP contribution in [-0.2, 0) is 0 Å². The Labute approximate surface area is 100 Å². The highest BCUT2D eigenvalue weighted by atomic mass is 16.1. The maximum Gasteiger partial charge on any atom is 0.153 e. The number of para-hydroxylation sites is 1. The third-order valence-corrected chi connectivity index (χ3v) is 3.27. The summed E-state index contributed by atoms with van der Waals surface area (Å²) in [7, 11) is 0. The molecule has 2 aromatic rings. The molecule has 3 rings (SSSR count). The van der Waals surface area contributed by atoms with Crippen molar-refractivity contribution in [3.05, 3.63) is 47.3 Å². The van der Waals surface area contributed by atoms with Crippen LogP contribution in [-0.4, -0.2) is 16.1 Å². The number of carbonyl (C=O) groups excluding carboxylic acids is 1. The summed E-state index contributed by atoms with van der Waals surface area (Å²) in [6.45, 7) is 2.06. The summed E-state index contributed by atoms with van der Waals surface area (Å²) in [6, 6.07) is 8.12. The van der Waals surface area contributed by atoms with E-state index in [1.54, 1.807) is 6.20 Å². The molecule has 0 spiro atoms. The molecule has 0 saturated heterocycles. The summed E-state index contributed by atoms with van der Waals surface area (Å²) in [4.78, 5) is 11.0. The fourth-order valence-corrected chi connectivity index (χ4v) is 2.22. The van der Waals surface area contributed by atoms with Crippen molar-refractivity contribution in [3.63, 3.8) is 0 Å². The Hall–Kier alpha value is -1.90. The highest BCUT2D eigenvalue weighted by Gasteiger charge is 2.30. The summed E-state index contributed by atoms with van der Waals surface area (Å²) >= 11 is 0. The number of carbonyl (C=O) groups is 1. The van der Waals surface area contributed by atoms with Crippen LogP contribution in [0.4, 0.5) is 0 Å². The number of hydrogen-bond acceptors (Lipinski definition) is 2. The first-order chi connectivity index (χ1) is 8.31. The van der Waals surface area contributed by atoms with Crippen molar-refractivity contribution in [1.29, 1.82) is 0 Å². The lowest BCUT2D eigenvalue weighted by Gasteiger charge is -2.09. The van der Waals surface area contributed by atoms with Gasteiger partial charge in [-0.3, -0.25) is 4.79 Å². The maximum atomic E-state index is 11.0. The first kappa shape index (κ1) is 10.3. The molecule has 86 valence electrons. The molecule has 1 aliphatic carbocycles. The van der Waals surface area contributed by atoms with Gasteiger partial charge in [-0.2, -0.15) is 5.10 Å². The van der Waals surface area contributed by atoms with Crippen LogP contribution in [0.15, 0.2) is 30.5 Å². The SMILES string of the molecule is Cc1ccccc1-n1ncc(C=O)c1C1CC1. The molecule has 0 bridgehead atoms. The second-order valence-corrected chi connectivity index (χ2v) is 4.58. The van der Waals surface area contributed by atoms with Gasteiger partial charge in [0.15, 0.2) is 6.29 Å². The minimum absolute atomic E-state index is 0.511. The Kier molecular flexibility index (Phi) is 2.32. The van der Waals surface area contributed by atoms with E-state index < -0.39 is 0 Å². The van der Waals surface area contributed by atoms with Crippen LogP contribution in [0.2, 0.25) is 0 Å². The molecule has 1 aromatic heterocycles. The van der Waals surface area contributed by atoms with Gasteiger partial charge in [0.05, 0.1) is 23.1 Å². The Morgan fingerprint density at radius 2 is 2.12 bits per heavy atom. The Morgan fingerprint density at radius 1 is 1.35 bits per heavy atom. The van der Waals surface area contributed by atoms with Gasteiger partial charge in [0, 0.05) is 5.92 Å². The second-order valence-electron chi connectivity index (χ2n) is 4.58. The van der Waals surface area contributed by atoms with E-state index in [2.05, 4.69) is 18.1 Å². The molecule has 1 fully saturated rings. The van der Waals surface area contributed by atoms with Crippen molar-refractivity contribution in [2.45, 2.75) is 25.7 Å². The van der Waals surface area contributed by atoms with E-state index in [4.69, 9.17) is 0 Å². The van der Waals surface area contributed by atoms with Crippen LogP contribution in [0.3, 0.4) is 0 Å². The van der Waals surface area contributed by atoms with Gasteiger partial charge in [0.2, 0.25) is 0 Å². The predicted octanol–water partition coefficient (Wildman–Crippen LogP) is 2.87. The van der Waals surface area contributed by atoms with Gasteiger partial charge in [0.1, 0.15) is 0 Å². The van der Waals surface area contributed by atoms with Crippen LogP contribution in [0.5, 0.6) is 0 Å². The van der Waals surface area contributed by atoms with E-state index in [0.29, 0.717) is 5.92 Å². The molecular formula is C14H14N2O. The van der Waals surface area contributed by atoms with Gasteiger partial charge in [0.25, 0.3) is 0 Å². The van der Waals surface area contributed by atoms with Crippen LogP contribution >= 0.6 is 0 Å². The number of nitrogens with zero attached hydrogens (tertiary/aromatic N) is 2. The average molecular weight is 226 g/mol. The van der Waals surface area contributed by atoms with E-state index in [-0.39, 0.29) is 0 Å². The van der Waals surface area contributed by atoms with Crippen LogP contribution in [0.25, 0.3) is 5.69 Å². The first-order valence-corrected chi connectivity index (χ1v) is 5.90. The lowest BCUT2D eigenvalue weighted by Crippen LogP contribution is -2.04. The van der Waals surface area contributed by atoms with Gasteiger partial charge >= 0.3 is 0 Å². The zero-order chi connectivity index (χ0) is 11.8. The lowest BCUT2D eigenvalue weighted by atomic mass is 10.1. The number of aryl methyl sites for hydroxylation is 1. The zero-order valence-electron chi connectivity index (χ0n) is 9.76. The Bertz CT molecular complexity index is 567. The third kappa shape index (κ3) is 1.68. The quantitative estimate of drug-likeness (QED) is 0.754.